The van der Waals surface area contributed by atoms with Crippen molar-refractivity contribution in [2.45, 2.75) is 45.2 Å². The Morgan fingerprint density at radius 2 is 2.00 bits per heavy atom. The molecule has 0 N–H and O–H groups in total. The molecule has 2 aromatic heterocycles. The van der Waals surface area contributed by atoms with Gasteiger partial charge in [0, 0.05) is 56.6 Å². The molecule has 1 amide bonds. The Morgan fingerprint density at radius 3 is 2.67 bits per heavy atom. The fourth-order valence-corrected chi connectivity index (χ4v) is 4.16. The van der Waals surface area contributed by atoms with Gasteiger partial charge in [0.1, 0.15) is 5.82 Å². The van der Waals surface area contributed by atoms with Gasteiger partial charge in [-0.1, -0.05) is 12.1 Å². The maximum absolute atomic E-state index is 13.1. The van der Waals surface area contributed by atoms with Gasteiger partial charge < -0.3 is 9.47 Å². The molecule has 1 unspecified atom stereocenters. The fourth-order valence-electron chi connectivity index (χ4n) is 4.16. The van der Waals surface area contributed by atoms with Gasteiger partial charge in [-0.2, -0.15) is 5.10 Å². The maximum Gasteiger partial charge on any atom is 0.345 e. The van der Waals surface area contributed by atoms with Crippen LogP contribution in [0.4, 0.5) is 0 Å². The summed E-state index contributed by atoms with van der Waals surface area (Å²) in [7, 11) is 1.68. The predicted molar refractivity (Wildman–Crippen MR) is 114 cm³/mol. The Hall–Kier alpha value is -3.16. The zero-order valence-corrected chi connectivity index (χ0v) is 17.7. The van der Waals surface area contributed by atoms with E-state index in [0.717, 1.165) is 37.3 Å². The number of piperidine rings is 1. The normalized spacial score (nSPS) is 16.9. The summed E-state index contributed by atoms with van der Waals surface area (Å²) in [4.78, 5) is 31.5. The zero-order chi connectivity index (χ0) is 21.3. The number of hydrogen-bond acceptors (Lipinski definition) is 4. The van der Waals surface area contributed by atoms with Crippen LogP contribution in [0.2, 0.25) is 0 Å². The zero-order valence-electron chi connectivity index (χ0n) is 17.7. The molecule has 4 rings (SSSR count). The van der Waals surface area contributed by atoms with Crippen molar-refractivity contribution in [3.05, 3.63) is 70.4 Å². The van der Waals surface area contributed by atoms with Crippen molar-refractivity contribution >= 4 is 5.91 Å². The van der Waals surface area contributed by atoms with Crippen LogP contribution in [0.3, 0.4) is 0 Å². The third-order valence-corrected chi connectivity index (χ3v) is 5.70. The van der Waals surface area contributed by atoms with Crippen molar-refractivity contribution in [1.29, 1.82) is 0 Å². The minimum atomic E-state index is -0.100. The molecule has 1 saturated heterocycles. The largest absolute Gasteiger partial charge is 0.345 e. The highest BCUT2D eigenvalue weighted by Crippen LogP contribution is 2.27. The van der Waals surface area contributed by atoms with Crippen LogP contribution >= 0.6 is 0 Å². The number of imidazole rings is 1. The second-order valence-electron chi connectivity index (χ2n) is 8.25. The lowest BCUT2D eigenvalue weighted by Gasteiger charge is -2.32. The van der Waals surface area contributed by atoms with Gasteiger partial charge in [0.2, 0.25) is 0 Å². The van der Waals surface area contributed by atoms with Crippen molar-refractivity contribution < 1.29 is 4.79 Å². The summed E-state index contributed by atoms with van der Waals surface area (Å²) in [6.07, 6.45) is 7.28. The predicted octanol–water partition coefficient (Wildman–Crippen LogP) is 2.43. The number of hydrogen-bond donors (Lipinski definition) is 0. The minimum Gasteiger partial charge on any atom is -0.338 e. The molecule has 1 aromatic carbocycles. The third-order valence-electron chi connectivity index (χ3n) is 5.70. The van der Waals surface area contributed by atoms with E-state index in [0.29, 0.717) is 12.1 Å². The summed E-state index contributed by atoms with van der Waals surface area (Å²) in [5.41, 5.74) is 1.71. The number of carbonyl (C=O) groups is 1. The second-order valence-corrected chi connectivity index (χ2v) is 8.25. The minimum absolute atomic E-state index is 0.0308. The van der Waals surface area contributed by atoms with Gasteiger partial charge in [0.05, 0.1) is 6.33 Å². The van der Waals surface area contributed by atoms with Crippen molar-refractivity contribution in [3.8, 4) is 0 Å². The molecule has 0 spiro atoms. The van der Waals surface area contributed by atoms with E-state index in [4.69, 9.17) is 0 Å². The molecule has 8 heteroatoms. The Labute approximate surface area is 175 Å². The molecule has 0 aliphatic carbocycles. The molecule has 1 fully saturated rings. The van der Waals surface area contributed by atoms with E-state index in [1.54, 1.807) is 24.1 Å². The number of aryl methyl sites for hydroxylation is 1. The maximum atomic E-state index is 13.1. The summed E-state index contributed by atoms with van der Waals surface area (Å²) in [6.45, 7) is 6.02. The van der Waals surface area contributed by atoms with Crippen molar-refractivity contribution in [2.75, 3.05) is 13.1 Å². The Morgan fingerprint density at radius 1 is 1.23 bits per heavy atom. The quantitative estimate of drug-likeness (QED) is 0.650. The van der Waals surface area contributed by atoms with Gasteiger partial charge in [-0.05, 0) is 44.4 Å². The first-order valence-corrected chi connectivity index (χ1v) is 10.4. The van der Waals surface area contributed by atoms with Gasteiger partial charge in [0.15, 0.2) is 0 Å². The first-order valence-electron chi connectivity index (χ1n) is 10.4. The van der Waals surface area contributed by atoms with Gasteiger partial charge in [-0.25, -0.2) is 14.5 Å². The highest BCUT2D eigenvalue weighted by molar-refractivity contribution is 5.94. The molecular weight excluding hydrogens is 380 g/mol. The van der Waals surface area contributed by atoms with E-state index in [2.05, 4.69) is 10.1 Å². The van der Waals surface area contributed by atoms with Crippen molar-refractivity contribution in [1.82, 2.24) is 28.8 Å². The van der Waals surface area contributed by atoms with Gasteiger partial charge >= 0.3 is 5.69 Å². The number of amides is 1. The molecule has 1 atom stereocenters. The molecular formula is C22H28N6O2. The van der Waals surface area contributed by atoms with Crippen LogP contribution in [-0.4, -0.2) is 47.8 Å². The van der Waals surface area contributed by atoms with Gasteiger partial charge in [0.25, 0.3) is 5.91 Å². The smallest absolute Gasteiger partial charge is 0.338 e. The van der Waals surface area contributed by atoms with Crippen LogP contribution in [-0.2, 0) is 13.6 Å². The third kappa shape index (κ3) is 3.94. The van der Waals surface area contributed by atoms with Gasteiger partial charge in [-0.15, -0.1) is 0 Å². The van der Waals surface area contributed by atoms with E-state index >= 15 is 0 Å². The van der Waals surface area contributed by atoms with Crippen molar-refractivity contribution in [3.63, 3.8) is 0 Å². The molecule has 3 aromatic rings. The molecule has 0 radical (unpaired) electrons. The van der Waals surface area contributed by atoms with E-state index in [1.165, 1.54) is 4.68 Å². The Kier molecular flexibility index (Phi) is 5.57. The molecule has 8 nitrogen and oxygen atoms in total. The number of benzene rings is 1. The standard InChI is InChI=1S/C22H28N6O2/c1-16(2)28-20(24-25(3)22(28)30)19-5-4-11-27(14-19)21(29)18-8-6-17(7-9-18)13-26-12-10-23-15-26/h6-10,12,15-16,19H,4-5,11,13-14H2,1-3H3. The summed E-state index contributed by atoms with van der Waals surface area (Å²) in [5.74, 6) is 0.883. The lowest BCUT2D eigenvalue weighted by molar-refractivity contribution is 0.0702. The highest BCUT2D eigenvalue weighted by Gasteiger charge is 2.30. The summed E-state index contributed by atoms with van der Waals surface area (Å²) in [6, 6.07) is 7.80. The highest BCUT2D eigenvalue weighted by atomic mass is 16.2. The first kappa shape index (κ1) is 20.1. The first-order chi connectivity index (χ1) is 14.4. The van der Waals surface area contributed by atoms with E-state index in [-0.39, 0.29) is 23.6 Å². The summed E-state index contributed by atoms with van der Waals surface area (Å²) < 4.78 is 5.14. The average molecular weight is 409 g/mol. The molecule has 0 saturated carbocycles. The van der Waals surface area contributed by atoms with E-state index in [1.807, 2.05) is 53.8 Å². The Balaban J connectivity index is 1.49. The summed E-state index contributed by atoms with van der Waals surface area (Å²) >= 11 is 0. The fraction of sp³-hybridized carbons (Fsp3) is 0.455. The van der Waals surface area contributed by atoms with E-state index in [9.17, 15) is 9.59 Å². The van der Waals surface area contributed by atoms with Crippen LogP contribution < -0.4 is 5.69 Å². The number of nitrogens with zero attached hydrogens (tertiary/aromatic N) is 6. The molecule has 1 aliphatic heterocycles. The van der Waals surface area contributed by atoms with E-state index < -0.39 is 0 Å². The lowest BCUT2D eigenvalue weighted by atomic mass is 9.96. The van der Waals surface area contributed by atoms with Crippen LogP contribution in [0.1, 0.15) is 60.4 Å². The number of carbonyl (C=O) groups excluding carboxylic acids is 1. The topological polar surface area (TPSA) is 78.0 Å². The molecule has 3 heterocycles. The Bertz CT molecular complexity index is 1060. The monoisotopic (exact) mass is 408 g/mol. The molecule has 0 bridgehead atoms. The number of rotatable bonds is 5. The van der Waals surface area contributed by atoms with Gasteiger partial charge in [-0.3, -0.25) is 9.36 Å². The van der Waals surface area contributed by atoms with Crippen LogP contribution in [0.15, 0.2) is 47.8 Å². The molecule has 30 heavy (non-hydrogen) atoms. The lowest BCUT2D eigenvalue weighted by Crippen LogP contribution is -2.40. The second kappa shape index (κ2) is 8.30. The molecule has 158 valence electrons. The van der Waals surface area contributed by atoms with Crippen molar-refractivity contribution in [2.24, 2.45) is 7.05 Å². The average Bonchev–Trinajstić information content (AvgIpc) is 3.36. The SMILES string of the molecule is CC(C)n1c(C2CCCN(C(=O)c3ccc(Cn4ccnc4)cc3)C2)nn(C)c1=O. The van der Waals surface area contributed by atoms with Crippen LogP contribution in [0.5, 0.6) is 0 Å². The summed E-state index contributed by atoms with van der Waals surface area (Å²) in [5, 5.41) is 4.49. The van der Waals surface area contributed by atoms with Crippen LogP contribution in [0.25, 0.3) is 0 Å². The van der Waals surface area contributed by atoms with Crippen LogP contribution in [0, 0.1) is 0 Å². The number of aromatic nitrogens is 5. The number of likely N-dealkylation sites (tertiary alicyclic amines) is 1. The molecule has 1 aliphatic rings.